The zero-order chi connectivity index (χ0) is 17.5. The van der Waals surface area contributed by atoms with Crippen LogP contribution in [-0.2, 0) is 17.6 Å². The summed E-state index contributed by atoms with van der Waals surface area (Å²) in [5, 5.41) is 0.504. The Balaban J connectivity index is 2.08. The van der Waals surface area contributed by atoms with Crippen LogP contribution in [0.2, 0.25) is 0 Å². The van der Waals surface area contributed by atoms with Gasteiger partial charge in [0.1, 0.15) is 17.0 Å². The molecule has 0 spiro atoms. The van der Waals surface area contributed by atoms with Crippen molar-refractivity contribution in [2.24, 2.45) is 5.92 Å². The number of rotatable bonds is 3. The average Bonchev–Trinajstić information content (AvgIpc) is 2.53. The highest BCUT2D eigenvalue weighted by Gasteiger charge is 2.38. The van der Waals surface area contributed by atoms with Crippen LogP contribution in [0.15, 0.2) is 18.2 Å². The van der Waals surface area contributed by atoms with E-state index in [1.54, 1.807) is 19.1 Å². The van der Waals surface area contributed by atoms with Crippen LogP contribution in [0, 0.1) is 11.7 Å². The first-order valence-electron chi connectivity index (χ1n) is 8.32. The standard InChI is InChI=1S/C19H21F2NO2/c1-4-24-18(23)13-7-12-8-14-10-19(21,11(2)3)6-5-16(14)22-17(12)15(20)9-13/h7-9,11H,4-6,10H2,1-3H3/t19-/m1/s1. The van der Waals surface area contributed by atoms with Gasteiger partial charge in [-0.05, 0) is 49.4 Å². The number of aromatic nitrogens is 1. The minimum absolute atomic E-state index is 0.0936. The Hall–Kier alpha value is -2.04. The van der Waals surface area contributed by atoms with Gasteiger partial charge in [0.15, 0.2) is 0 Å². The van der Waals surface area contributed by atoms with Gasteiger partial charge < -0.3 is 4.74 Å². The number of fused-ring (bicyclic) bond motifs is 2. The molecule has 0 amide bonds. The maximum Gasteiger partial charge on any atom is 0.338 e. The summed E-state index contributed by atoms with van der Waals surface area (Å²) in [6, 6.07) is 4.48. The average molecular weight is 333 g/mol. The number of pyridine rings is 1. The monoisotopic (exact) mass is 333 g/mol. The molecular weight excluding hydrogens is 312 g/mol. The van der Waals surface area contributed by atoms with Crippen molar-refractivity contribution in [3.8, 4) is 0 Å². The number of hydrogen-bond acceptors (Lipinski definition) is 3. The van der Waals surface area contributed by atoms with Crippen molar-refractivity contribution in [1.29, 1.82) is 0 Å². The Kier molecular flexibility index (Phi) is 4.28. The van der Waals surface area contributed by atoms with Gasteiger partial charge >= 0.3 is 5.97 Å². The molecule has 0 radical (unpaired) electrons. The topological polar surface area (TPSA) is 39.2 Å². The number of alkyl halides is 1. The summed E-state index contributed by atoms with van der Waals surface area (Å²) >= 11 is 0. The fourth-order valence-electron chi connectivity index (χ4n) is 3.25. The van der Waals surface area contributed by atoms with Gasteiger partial charge in [-0.15, -0.1) is 0 Å². The number of esters is 1. The predicted octanol–water partition coefficient (Wildman–Crippen LogP) is 4.40. The van der Waals surface area contributed by atoms with Crippen molar-refractivity contribution in [1.82, 2.24) is 4.98 Å². The van der Waals surface area contributed by atoms with Crippen molar-refractivity contribution >= 4 is 16.9 Å². The molecule has 0 unspecified atom stereocenters. The van der Waals surface area contributed by atoms with E-state index in [4.69, 9.17) is 4.74 Å². The van der Waals surface area contributed by atoms with Crippen LogP contribution < -0.4 is 0 Å². The molecule has 3 nitrogen and oxygen atoms in total. The van der Waals surface area contributed by atoms with Gasteiger partial charge in [0.25, 0.3) is 0 Å². The number of aryl methyl sites for hydroxylation is 1. The normalized spacial score (nSPS) is 20.2. The summed E-state index contributed by atoms with van der Waals surface area (Å²) in [6.07, 6.45) is 1.17. The number of hydrogen-bond donors (Lipinski definition) is 0. The van der Waals surface area contributed by atoms with Crippen LogP contribution in [0.25, 0.3) is 10.9 Å². The van der Waals surface area contributed by atoms with Crippen LogP contribution in [0.4, 0.5) is 8.78 Å². The van der Waals surface area contributed by atoms with Gasteiger partial charge in [0.2, 0.25) is 0 Å². The van der Waals surface area contributed by atoms with E-state index >= 15 is 0 Å². The maximum atomic E-state index is 15.0. The van der Waals surface area contributed by atoms with E-state index in [0.29, 0.717) is 18.2 Å². The molecule has 3 rings (SSSR count). The number of carbonyl (C=O) groups is 1. The second-order valence-corrected chi connectivity index (χ2v) is 6.71. The van der Waals surface area contributed by atoms with Gasteiger partial charge in [-0.2, -0.15) is 0 Å². The highest BCUT2D eigenvalue weighted by atomic mass is 19.1. The number of ether oxygens (including phenoxy) is 1. The zero-order valence-electron chi connectivity index (χ0n) is 14.2. The van der Waals surface area contributed by atoms with Crippen molar-refractivity contribution in [2.75, 3.05) is 6.61 Å². The van der Waals surface area contributed by atoms with E-state index in [0.717, 1.165) is 17.3 Å². The molecule has 5 heteroatoms. The summed E-state index contributed by atoms with van der Waals surface area (Å²) in [6.45, 7) is 5.66. The number of nitrogens with zero attached hydrogens (tertiary/aromatic N) is 1. The molecule has 0 fully saturated rings. The molecule has 1 aromatic carbocycles. The highest BCUT2D eigenvalue weighted by molar-refractivity contribution is 5.95. The Morgan fingerprint density at radius 3 is 2.79 bits per heavy atom. The molecule has 0 bridgehead atoms. The molecule has 0 saturated carbocycles. The Labute approximate surface area is 140 Å². The van der Waals surface area contributed by atoms with E-state index in [1.165, 1.54) is 0 Å². The molecular formula is C19H21F2NO2. The molecule has 1 heterocycles. The molecule has 2 aromatic rings. The third-order valence-electron chi connectivity index (χ3n) is 4.85. The van der Waals surface area contributed by atoms with Crippen LogP contribution in [-0.4, -0.2) is 23.2 Å². The van der Waals surface area contributed by atoms with Crippen molar-refractivity contribution < 1.29 is 18.3 Å². The van der Waals surface area contributed by atoms with E-state index in [-0.39, 0.29) is 30.0 Å². The second kappa shape index (κ2) is 6.11. The quantitative estimate of drug-likeness (QED) is 0.781. The van der Waals surface area contributed by atoms with Crippen LogP contribution >= 0.6 is 0 Å². The summed E-state index contributed by atoms with van der Waals surface area (Å²) in [5.41, 5.74) is 0.650. The lowest BCUT2D eigenvalue weighted by molar-refractivity contribution is 0.0526. The van der Waals surface area contributed by atoms with E-state index in [9.17, 15) is 13.6 Å². The van der Waals surface area contributed by atoms with Crippen LogP contribution in [0.3, 0.4) is 0 Å². The van der Waals surface area contributed by atoms with E-state index in [2.05, 4.69) is 4.98 Å². The highest BCUT2D eigenvalue weighted by Crippen LogP contribution is 2.38. The first-order chi connectivity index (χ1) is 11.3. The van der Waals surface area contributed by atoms with Gasteiger partial charge in [-0.3, -0.25) is 0 Å². The van der Waals surface area contributed by atoms with Crippen molar-refractivity contribution in [3.05, 3.63) is 40.8 Å². The summed E-state index contributed by atoms with van der Waals surface area (Å²) in [7, 11) is 0. The van der Waals surface area contributed by atoms with E-state index < -0.39 is 17.5 Å². The van der Waals surface area contributed by atoms with Crippen LogP contribution in [0.5, 0.6) is 0 Å². The molecule has 0 aliphatic heterocycles. The molecule has 1 atom stereocenters. The Morgan fingerprint density at radius 2 is 2.12 bits per heavy atom. The molecule has 24 heavy (non-hydrogen) atoms. The molecule has 1 aliphatic rings. The first kappa shape index (κ1) is 16.8. The van der Waals surface area contributed by atoms with Crippen molar-refractivity contribution in [3.63, 3.8) is 0 Å². The number of halogens is 2. The minimum atomic E-state index is -1.26. The fraction of sp³-hybridized carbons (Fsp3) is 0.474. The Bertz CT molecular complexity index is 804. The fourth-order valence-corrected chi connectivity index (χ4v) is 3.25. The van der Waals surface area contributed by atoms with Gasteiger partial charge in [0.05, 0.1) is 12.2 Å². The van der Waals surface area contributed by atoms with E-state index in [1.807, 2.05) is 13.8 Å². The van der Waals surface area contributed by atoms with Crippen molar-refractivity contribution in [2.45, 2.75) is 45.7 Å². The molecule has 0 saturated heterocycles. The molecule has 1 aromatic heterocycles. The number of carbonyl (C=O) groups excluding carboxylic acids is 1. The number of benzene rings is 1. The molecule has 128 valence electrons. The van der Waals surface area contributed by atoms with Gasteiger partial charge in [0, 0.05) is 17.5 Å². The summed E-state index contributed by atoms with van der Waals surface area (Å²) in [5.74, 6) is -1.22. The van der Waals surface area contributed by atoms with Gasteiger partial charge in [-0.25, -0.2) is 18.6 Å². The third-order valence-corrected chi connectivity index (χ3v) is 4.85. The Morgan fingerprint density at radius 1 is 1.38 bits per heavy atom. The lowest BCUT2D eigenvalue weighted by Gasteiger charge is -2.34. The van der Waals surface area contributed by atoms with Crippen LogP contribution in [0.1, 0.15) is 48.8 Å². The lowest BCUT2D eigenvalue weighted by atomic mass is 9.77. The smallest absolute Gasteiger partial charge is 0.338 e. The zero-order valence-corrected chi connectivity index (χ0v) is 14.2. The maximum absolute atomic E-state index is 15.0. The minimum Gasteiger partial charge on any atom is -0.462 e. The summed E-state index contributed by atoms with van der Waals surface area (Å²) < 4.78 is 34.3. The molecule has 0 N–H and O–H groups in total. The molecule has 1 aliphatic carbocycles. The lowest BCUT2D eigenvalue weighted by Crippen LogP contribution is -2.36. The summed E-state index contributed by atoms with van der Waals surface area (Å²) in [4.78, 5) is 16.2. The van der Waals surface area contributed by atoms with Gasteiger partial charge in [-0.1, -0.05) is 13.8 Å². The third kappa shape index (κ3) is 2.87. The second-order valence-electron chi connectivity index (χ2n) is 6.71. The predicted molar refractivity (Wildman–Crippen MR) is 88.4 cm³/mol. The largest absolute Gasteiger partial charge is 0.462 e. The SMILES string of the molecule is CCOC(=O)c1cc(F)c2nc3c(cc2c1)C[C@@](F)(C(C)C)CC3. The first-order valence-corrected chi connectivity index (χ1v) is 8.32.